The zero-order chi connectivity index (χ0) is 9.84. The van der Waals surface area contributed by atoms with Gasteiger partial charge in [-0.2, -0.15) is 0 Å². The van der Waals surface area contributed by atoms with E-state index in [1.165, 1.54) is 16.7 Å². The molecule has 13 heavy (non-hydrogen) atoms. The zero-order valence-electron chi connectivity index (χ0n) is 7.23. The smallest absolute Gasteiger partial charge is 0.325 e. The van der Waals surface area contributed by atoms with E-state index in [9.17, 15) is 9.59 Å². The van der Waals surface area contributed by atoms with Crippen LogP contribution in [0.15, 0.2) is 0 Å². The number of hydrogen-bond donors (Lipinski definition) is 1. The highest BCUT2D eigenvalue weighted by atomic mass is 32.2. The van der Waals surface area contributed by atoms with Crippen molar-refractivity contribution in [2.75, 3.05) is 18.9 Å². The van der Waals surface area contributed by atoms with Crippen LogP contribution in [0.1, 0.15) is 6.92 Å². The second-order valence-corrected chi connectivity index (χ2v) is 4.37. The number of carbonyl (C=O) groups excluding carboxylic acids is 2. The quantitative estimate of drug-likeness (QED) is 0.551. The normalized spacial score (nSPS) is 22.2. The number of hydrogen-bond acceptors (Lipinski definition) is 5. The van der Waals surface area contributed by atoms with Gasteiger partial charge in [0, 0.05) is 0 Å². The van der Waals surface area contributed by atoms with Gasteiger partial charge in [-0.1, -0.05) is 0 Å². The van der Waals surface area contributed by atoms with Crippen LogP contribution in [0.25, 0.3) is 0 Å². The molecule has 0 bridgehead atoms. The maximum Gasteiger partial charge on any atom is 0.325 e. The molecular weight excluding hydrogens is 210 g/mol. The van der Waals surface area contributed by atoms with E-state index in [1.54, 1.807) is 6.92 Å². The lowest BCUT2D eigenvalue weighted by molar-refractivity contribution is -0.147. The molecule has 1 unspecified atom stereocenters. The lowest BCUT2D eigenvalue weighted by Crippen LogP contribution is -2.35. The molecule has 1 heterocycles. The molecule has 0 spiro atoms. The van der Waals surface area contributed by atoms with Crippen LogP contribution in [0.4, 0.5) is 0 Å². The number of amides is 1. The molecule has 0 radical (unpaired) electrons. The fourth-order valence-electron chi connectivity index (χ4n) is 0.954. The SMILES string of the molecule is CCOC(=O)CN1C(=O)CSC1S. The van der Waals surface area contributed by atoms with Crippen molar-refractivity contribution in [3.05, 3.63) is 0 Å². The van der Waals surface area contributed by atoms with Crippen LogP contribution in [0.2, 0.25) is 0 Å². The van der Waals surface area contributed by atoms with Crippen molar-refractivity contribution in [1.29, 1.82) is 0 Å². The molecule has 1 rings (SSSR count). The van der Waals surface area contributed by atoms with Crippen LogP contribution in [0.3, 0.4) is 0 Å². The van der Waals surface area contributed by atoms with Gasteiger partial charge in [-0.3, -0.25) is 9.59 Å². The Balaban J connectivity index is 2.43. The third kappa shape index (κ3) is 2.80. The standard InChI is InChI=1S/C7H11NO3S2/c1-2-11-6(10)3-8-5(9)4-13-7(8)12/h7,12H,2-4H2,1H3. The summed E-state index contributed by atoms with van der Waals surface area (Å²) in [5.41, 5.74) is 0. The molecule has 4 nitrogen and oxygen atoms in total. The first-order valence-corrected chi connectivity index (χ1v) is 5.46. The maximum absolute atomic E-state index is 11.2. The van der Waals surface area contributed by atoms with Crippen molar-refractivity contribution in [3.8, 4) is 0 Å². The van der Waals surface area contributed by atoms with Gasteiger partial charge in [-0.05, 0) is 6.92 Å². The molecule has 1 atom stereocenters. The minimum Gasteiger partial charge on any atom is -0.465 e. The van der Waals surface area contributed by atoms with Gasteiger partial charge in [0.15, 0.2) is 0 Å². The van der Waals surface area contributed by atoms with Gasteiger partial charge in [-0.15, -0.1) is 24.4 Å². The van der Waals surface area contributed by atoms with Gasteiger partial charge in [0.1, 0.15) is 11.3 Å². The van der Waals surface area contributed by atoms with E-state index in [0.29, 0.717) is 12.4 Å². The Kier molecular flexibility index (Phi) is 3.92. The largest absolute Gasteiger partial charge is 0.465 e. The van der Waals surface area contributed by atoms with Crippen LogP contribution in [0.5, 0.6) is 0 Å². The first-order chi connectivity index (χ1) is 6.15. The van der Waals surface area contributed by atoms with Crippen LogP contribution in [-0.2, 0) is 14.3 Å². The van der Waals surface area contributed by atoms with E-state index >= 15 is 0 Å². The third-order valence-electron chi connectivity index (χ3n) is 1.55. The molecule has 1 aliphatic rings. The average Bonchev–Trinajstić information content (AvgIpc) is 2.36. The molecule has 1 amide bonds. The Morgan fingerprint density at radius 3 is 3.00 bits per heavy atom. The number of thioether (sulfide) groups is 1. The molecule has 0 saturated carbocycles. The summed E-state index contributed by atoms with van der Waals surface area (Å²) in [6.07, 6.45) is 0. The van der Waals surface area contributed by atoms with Crippen LogP contribution < -0.4 is 0 Å². The van der Waals surface area contributed by atoms with Gasteiger partial charge in [-0.25, -0.2) is 0 Å². The van der Waals surface area contributed by atoms with Gasteiger partial charge < -0.3 is 9.64 Å². The van der Waals surface area contributed by atoms with Crippen LogP contribution in [-0.4, -0.2) is 40.4 Å². The van der Waals surface area contributed by atoms with E-state index in [-0.39, 0.29) is 23.1 Å². The lowest BCUT2D eigenvalue weighted by atomic mass is 10.5. The fraction of sp³-hybridized carbons (Fsp3) is 0.714. The molecule has 0 aromatic carbocycles. The number of carbonyl (C=O) groups is 2. The van der Waals surface area contributed by atoms with Crippen molar-refractivity contribution in [3.63, 3.8) is 0 Å². The summed E-state index contributed by atoms with van der Waals surface area (Å²) >= 11 is 5.56. The van der Waals surface area contributed by atoms with Crippen LogP contribution >= 0.6 is 24.4 Å². The topological polar surface area (TPSA) is 46.6 Å². The van der Waals surface area contributed by atoms with Crippen molar-refractivity contribution in [1.82, 2.24) is 4.90 Å². The monoisotopic (exact) mass is 221 g/mol. The van der Waals surface area contributed by atoms with Gasteiger partial charge in [0.05, 0.1) is 12.4 Å². The average molecular weight is 221 g/mol. The third-order valence-corrected chi connectivity index (χ3v) is 3.24. The van der Waals surface area contributed by atoms with E-state index < -0.39 is 0 Å². The Bertz CT molecular complexity index is 222. The second-order valence-electron chi connectivity index (χ2n) is 2.46. The number of ether oxygens (including phenoxy) is 1. The van der Waals surface area contributed by atoms with Gasteiger partial charge in [0.25, 0.3) is 0 Å². The van der Waals surface area contributed by atoms with Crippen molar-refractivity contribution in [2.24, 2.45) is 0 Å². The summed E-state index contributed by atoms with van der Waals surface area (Å²) < 4.78 is 4.51. The van der Waals surface area contributed by atoms with E-state index in [4.69, 9.17) is 4.74 Å². The molecule has 1 aliphatic heterocycles. The zero-order valence-corrected chi connectivity index (χ0v) is 8.94. The highest BCUT2D eigenvalue weighted by Gasteiger charge is 2.30. The number of nitrogens with zero attached hydrogens (tertiary/aromatic N) is 1. The van der Waals surface area contributed by atoms with E-state index in [2.05, 4.69) is 12.6 Å². The maximum atomic E-state index is 11.2. The van der Waals surface area contributed by atoms with Gasteiger partial charge >= 0.3 is 5.97 Å². The summed E-state index contributed by atoms with van der Waals surface area (Å²) in [6, 6.07) is 0. The summed E-state index contributed by atoms with van der Waals surface area (Å²) in [5.74, 6) is -0.0384. The molecule has 0 aromatic rings. The van der Waals surface area contributed by atoms with Crippen molar-refractivity contribution < 1.29 is 14.3 Å². The Morgan fingerprint density at radius 1 is 1.85 bits per heavy atom. The first kappa shape index (κ1) is 10.7. The fourth-order valence-corrected chi connectivity index (χ4v) is 2.22. The van der Waals surface area contributed by atoms with E-state index in [0.717, 1.165) is 0 Å². The van der Waals surface area contributed by atoms with Crippen molar-refractivity contribution in [2.45, 2.75) is 11.6 Å². The van der Waals surface area contributed by atoms with E-state index in [1.807, 2.05) is 0 Å². The minimum absolute atomic E-state index is 0.00778. The Labute approximate surface area is 86.4 Å². The lowest BCUT2D eigenvalue weighted by Gasteiger charge is -2.18. The minimum atomic E-state index is -0.377. The summed E-state index contributed by atoms with van der Waals surface area (Å²) in [6.45, 7) is 2.08. The molecule has 6 heteroatoms. The second kappa shape index (κ2) is 4.76. The molecule has 1 fully saturated rings. The molecule has 1 saturated heterocycles. The summed E-state index contributed by atoms with van der Waals surface area (Å²) in [4.78, 5) is 23.6. The van der Waals surface area contributed by atoms with Crippen LogP contribution in [0, 0.1) is 0 Å². The van der Waals surface area contributed by atoms with Gasteiger partial charge in [0.2, 0.25) is 5.91 Å². The first-order valence-electron chi connectivity index (χ1n) is 3.90. The molecule has 74 valence electrons. The molecule has 0 aromatic heterocycles. The summed E-state index contributed by atoms with van der Waals surface area (Å²) in [7, 11) is 0. The number of rotatable bonds is 3. The molecule has 0 N–H and O–H groups in total. The highest BCUT2D eigenvalue weighted by molar-refractivity contribution is 8.11. The predicted molar refractivity (Wildman–Crippen MR) is 53.6 cm³/mol. The Morgan fingerprint density at radius 2 is 2.54 bits per heavy atom. The predicted octanol–water partition coefficient (Wildman–Crippen LogP) is 0.338. The Hall–Kier alpha value is -0.360. The highest BCUT2D eigenvalue weighted by Crippen LogP contribution is 2.26. The number of thiol groups is 1. The summed E-state index contributed by atoms with van der Waals surface area (Å²) in [5, 5.41) is 0. The molecule has 0 aliphatic carbocycles. The van der Waals surface area contributed by atoms with Crippen molar-refractivity contribution >= 4 is 36.3 Å². The number of esters is 1. The molecular formula is C7H11NO3S2.